The Kier molecular flexibility index (Phi) is 7.77. The van der Waals surface area contributed by atoms with Gasteiger partial charge in [-0.05, 0) is 58.1 Å². The highest BCUT2D eigenvalue weighted by molar-refractivity contribution is 8.21. The third-order valence-corrected chi connectivity index (χ3v) is 3.64. The molecule has 0 aliphatic carbocycles. The molecule has 2 nitrogen and oxygen atoms in total. The first-order valence-electron chi connectivity index (χ1n) is 6.09. The van der Waals surface area contributed by atoms with E-state index in [2.05, 4.69) is 0 Å². The van der Waals surface area contributed by atoms with Crippen molar-refractivity contribution >= 4 is 44.9 Å². The van der Waals surface area contributed by atoms with Gasteiger partial charge in [0.2, 0.25) is 0 Å². The summed E-state index contributed by atoms with van der Waals surface area (Å²) in [5.41, 5.74) is 0.514. The van der Waals surface area contributed by atoms with Crippen molar-refractivity contribution in [2.24, 2.45) is 0 Å². The van der Waals surface area contributed by atoms with E-state index < -0.39 is 0 Å². The minimum Gasteiger partial charge on any atom is -0.456 e. The molecule has 0 aromatic heterocycles. The number of benzene rings is 2. The lowest BCUT2D eigenvalue weighted by atomic mass is 10.2. The second-order valence-electron chi connectivity index (χ2n) is 3.56. The van der Waals surface area contributed by atoms with E-state index in [-0.39, 0.29) is 0 Å². The van der Waals surface area contributed by atoms with Crippen molar-refractivity contribution in [1.29, 1.82) is 5.26 Å². The van der Waals surface area contributed by atoms with Crippen LogP contribution in [0.4, 0.5) is 0 Å². The highest BCUT2D eigenvalue weighted by Gasteiger charge is 2.08. The maximum atomic E-state index is 8.83. The summed E-state index contributed by atoms with van der Waals surface area (Å²) < 4.78 is 5.68. The SMILES string of the molecule is CC.N#Cc1ccc(Oc2cc(Cl)cc(Cl)c2)c(SCl)c1. The molecular formula is C15H12Cl3NOS. The first-order valence-corrected chi connectivity index (χ1v) is 8.49. The quantitative estimate of drug-likeness (QED) is 0.595. The van der Waals surface area contributed by atoms with Gasteiger partial charge in [-0.15, -0.1) is 0 Å². The summed E-state index contributed by atoms with van der Waals surface area (Å²) in [7, 11) is 6.75. The summed E-state index contributed by atoms with van der Waals surface area (Å²) in [5.74, 6) is 1.05. The van der Waals surface area contributed by atoms with Crippen molar-refractivity contribution in [3.05, 3.63) is 52.0 Å². The van der Waals surface area contributed by atoms with Crippen molar-refractivity contribution in [2.45, 2.75) is 18.7 Å². The normalized spacial score (nSPS) is 9.33. The fourth-order valence-corrected chi connectivity index (χ4v) is 2.66. The molecule has 0 unspecified atom stereocenters. The van der Waals surface area contributed by atoms with E-state index in [1.165, 1.54) is 0 Å². The van der Waals surface area contributed by atoms with Gasteiger partial charge in [-0.1, -0.05) is 37.0 Å². The third kappa shape index (κ3) is 5.33. The van der Waals surface area contributed by atoms with Crippen LogP contribution in [0.15, 0.2) is 41.3 Å². The summed E-state index contributed by atoms with van der Waals surface area (Å²) >= 11 is 11.8. The maximum Gasteiger partial charge on any atom is 0.142 e. The van der Waals surface area contributed by atoms with E-state index in [1.807, 2.05) is 19.9 Å². The van der Waals surface area contributed by atoms with Gasteiger partial charge in [-0.3, -0.25) is 0 Å². The Labute approximate surface area is 143 Å². The number of rotatable bonds is 3. The lowest BCUT2D eigenvalue weighted by Crippen LogP contribution is -1.87. The zero-order valence-corrected chi connectivity index (χ0v) is 14.4. The van der Waals surface area contributed by atoms with Crippen LogP contribution in [0, 0.1) is 11.3 Å². The summed E-state index contributed by atoms with van der Waals surface area (Å²) in [5, 5.41) is 9.80. The van der Waals surface area contributed by atoms with Gasteiger partial charge in [0.1, 0.15) is 11.5 Å². The summed E-state index contributed by atoms with van der Waals surface area (Å²) in [6, 6.07) is 11.9. The van der Waals surface area contributed by atoms with Crippen molar-refractivity contribution in [3.63, 3.8) is 0 Å². The number of hydrogen-bond donors (Lipinski definition) is 0. The largest absolute Gasteiger partial charge is 0.456 e. The van der Waals surface area contributed by atoms with Crippen molar-refractivity contribution in [3.8, 4) is 17.6 Å². The van der Waals surface area contributed by atoms with Gasteiger partial charge >= 0.3 is 0 Å². The molecule has 0 N–H and O–H groups in total. The summed E-state index contributed by atoms with van der Waals surface area (Å²) in [6.07, 6.45) is 0. The van der Waals surface area contributed by atoms with Gasteiger partial charge in [0, 0.05) is 10.0 Å². The van der Waals surface area contributed by atoms with Gasteiger partial charge in [0.15, 0.2) is 0 Å². The first kappa shape index (κ1) is 18.0. The molecule has 0 saturated heterocycles. The topological polar surface area (TPSA) is 33.0 Å². The van der Waals surface area contributed by atoms with Crippen LogP contribution in [0.25, 0.3) is 0 Å². The van der Waals surface area contributed by atoms with Crippen molar-refractivity contribution in [1.82, 2.24) is 0 Å². The molecule has 0 heterocycles. The average Bonchev–Trinajstić information content (AvgIpc) is 2.48. The van der Waals surface area contributed by atoms with Crippen molar-refractivity contribution < 1.29 is 4.74 Å². The molecule has 0 radical (unpaired) electrons. The molecule has 110 valence electrons. The van der Waals surface area contributed by atoms with E-state index in [1.54, 1.807) is 36.4 Å². The lowest BCUT2D eigenvalue weighted by Gasteiger charge is -2.09. The Bertz CT molecular complexity index is 636. The molecule has 0 fully saturated rings. The number of halogens is 3. The first-order chi connectivity index (χ1) is 10.1. The number of nitrogens with zero attached hydrogens (tertiary/aromatic N) is 1. The highest BCUT2D eigenvalue weighted by atomic mass is 35.7. The fourth-order valence-electron chi connectivity index (χ4n) is 1.44. The second kappa shape index (κ2) is 9.07. The van der Waals surface area contributed by atoms with Gasteiger partial charge < -0.3 is 4.74 Å². The predicted molar refractivity (Wildman–Crippen MR) is 90.8 cm³/mol. The van der Waals surface area contributed by atoms with Gasteiger partial charge in [0.05, 0.1) is 16.5 Å². The molecule has 2 aromatic rings. The van der Waals surface area contributed by atoms with E-state index in [9.17, 15) is 0 Å². The summed E-state index contributed by atoms with van der Waals surface area (Å²) in [4.78, 5) is 0.650. The van der Waals surface area contributed by atoms with Gasteiger partial charge in [-0.2, -0.15) is 5.26 Å². The van der Waals surface area contributed by atoms with Gasteiger partial charge in [-0.25, -0.2) is 0 Å². The lowest BCUT2D eigenvalue weighted by molar-refractivity contribution is 0.471. The molecule has 0 amide bonds. The summed E-state index contributed by atoms with van der Waals surface area (Å²) in [6.45, 7) is 4.00. The van der Waals surface area contributed by atoms with Crippen LogP contribution >= 0.6 is 44.9 Å². The van der Waals surface area contributed by atoms with Crippen LogP contribution in [-0.2, 0) is 0 Å². The van der Waals surface area contributed by atoms with Crippen molar-refractivity contribution in [2.75, 3.05) is 0 Å². The Morgan fingerprint density at radius 1 is 1.05 bits per heavy atom. The van der Waals surface area contributed by atoms with Crippen LogP contribution in [0.2, 0.25) is 10.0 Å². The van der Waals surface area contributed by atoms with Crippen LogP contribution < -0.4 is 4.74 Å². The highest BCUT2D eigenvalue weighted by Crippen LogP contribution is 2.36. The zero-order chi connectivity index (χ0) is 15.8. The number of nitriles is 1. The van der Waals surface area contributed by atoms with Crippen LogP contribution in [0.3, 0.4) is 0 Å². The molecule has 0 saturated carbocycles. The monoisotopic (exact) mass is 359 g/mol. The fraction of sp³-hybridized carbons (Fsp3) is 0.133. The van der Waals surface area contributed by atoms with Crippen LogP contribution in [0.1, 0.15) is 19.4 Å². The van der Waals surface area contributed by atoms with E-state index >= 15 is 0 Å². The Morgan fingerprint density at radius 2 is 1.67 bits per heavy atom. The molecule has 6 heteroatoms. The molecule has 2 rings (SSSR count). The van der Waals surface area contributed by atoms with E-state index in [0.717, 1.165) is 11.0 Å². The molecule has 0 aliphatic heterocycles. The smallest absolute Gasteiger partial charge is 0.142 e. The van der Waals surface area contributed by atoms with Crippen LogP contribution in [0.5, 0.6) is 11.5 Å². The third-order valence-electron chi connectivity index (χ3n) is 2.22. The Balaban J connectivity index is 0.00000106. The Morgan fingerprint density at radius 3 is 2.19 bits per heavy atom. The van der Waals surface area contributed by atoms with E-state index in [0.29, 0.717) is 32.0 Å². The van der Waals surface area contributed by atoms with E-state index in [4.69, 9.17) is 43.9 Å². The Hall–Kier alpha value is -1.05. The average molecular weight is 361 g/mol. The molecule has 0 atom stereocenters. The maximum absolute atomic E-state index is 8.83. The number of ether oxygens (including phenoxy) is 1. The van der Waals surface area contributed by atoms with Crippen LogP contribution in [-0.4, -0.2) is 0 Å². The molecular weight excluding hydrogens is 349 g/mol. The molecule has 0 spiro atoms. The molecule has 21 heavy (non-hydrogen) atoms. The minimum atomic E-state index is 0.483. The van der Waals surface area contributed by atoms with Gasteiger partial charge in [0.25, 0.3) is 0 Å². The molecule has 0 bridgehead atoms. The molecule has 0 aliphatic rings. The number of hydrogen-bond acceptors (Lipinski definition) is 3. The minimum absolute atomic E-state index is 0.483. The molecule has 2 aromatic carbocycles. The second-order valence-corrected chi connectivity index (χ2v) is 5.49. The standard InChI is InChI=1S/C13H6Cl3NOS.C2H6/c14-9-4-10(15)6-11(5-9)18-12-2-1-8(7-17)3-13(12)19-16;1-2/h1-6H;1-2H3. The predicted octanol–water partition coefficient (Wildman–Crippen LogP) is 6.93. The zero-order valence-electron chi connectivity index (χ0n) is 11.4.